The van der Waals surface area contributed by atoms with Gasteiger partial charge in [-0.3, -0.25) is 0 Å². The van der Waals surface area contributed by atoms with Crippen molar-refractivity contribution in [2.24, 2.45) is 0 Å². The van der Waals surface area contributed by atoms with Gasteiger partial charge < -0.3 is 5.11 Å². The van der Waals surface area contributed by atoms with Crippen LogP contribution < -0.4 is 0 Å². The summed E-state index contributed by atoms with van der Waals surface area (Å²) in [6, 6.07) is 5.81. The van der Waals surface area contributed by atoms with Gasteiger partial charge in [0.25, 0.3) is 0 Å². The van der Waals surface area contributed by atoms with Crippen molar-refractivity contribution in [2.75, 3.05) is 0 Å². The van der Waals surface area contributed by atoms with Crippen LogP contribution in [0.4, 0.5) is 4.39 Å². The molecule has 0 saturated carbocycles. The fourth-order valence-corrected chi connectivity index (χ4v) is 2.65. The van der Waals surface area contributed by atoms with Crippen LogP contribution in [0.3, 0.4) is 0 Å². The molecule has 2 aromatic rings. The second kappa shape index (κ2) is 4.67. The molecule has 0 spiro atoms. The van der Waals surface area contributed by atoms with Crippen molar-refractivity contribution in [2.45, 2.75) is 13.3 Å². The Kier molecular flexibility index (Phi) is 3.24. The van der Waals surface area contributed by atoms with E-state index in [1.807, 2.05) is 18.4 Å². The first-order valence-electron chi connectivity index (χ1n) is 5.22. The Balaban J connectivity index is 2.54. The van der Waals surface area contributed by atoms with Gasteiger partial charge in [-0.1, -0.05) is 6.92 Å². The lowest BCUT2D eigenvalue weighted by atomic mass is 10.1. The van der Waals surface area contributed by atoms with Crippen LogP contribution in [0, 0.1) is 5.82 Å². The zero-order chi connectivity index (χ0) is 12.4. The highest BCUT2D eigenvalue weighted by Crippen LogP contribution is 2.30. The summed E-state index contributed by atoms with van der Waals surface area (Å²) in [7, 11) is 0. The summed E-state index contributed by atoms with van der Waals surface area (Å²) in [5.74, 6) is -1.63. The summed E-state index contributed by atoms with van der Waals surface area (Å²) in [5, 5.41) is 11.0. The van der Waals surface area contributed by atoms with E-state index >= 15 is 0 Å². The molecular weight excluding hydrogens is 239 g/mol. The smallest absolute Gasteiger partial charge is 0.336 e. The molecule has 4 heteroatoms. The van der Waals surface area contributed by atoms with Crippen LogP contribution in [0.1, 0.15) is 22.8 Å². The molecule has 0 saturated heterocycles. The number of rotatable bonds is 3. The molecule has 1 aromatic heterocycles. The number of halogens is 1. The van der Waals surface area contributed by atoms with Gasteiger partial charge in [-0.25, -0.2) is 9.18 Å². The van der Waals surface area contributed by atoms with Crippen LogP contribution in [0.25, 0.3) is 10.4 Å². The number of thiophene rings is 1. The molecule has 0 unspecified atom stereocenters. The zero-order valence-electron chi connectivity index (χ0n) is 9.24. The summed E-state index contributed by atoms with van der Waals surface area (Å²) >= 11 is 1.48. The van der Waals surface area contributed by atoms with Crippen molar-refractivity contribution >= 4 is 17.3 Å². The van der Waals surface area contributed by atoms with Crippen molar-refractivity contribution in [3.8, 4) is 10.4 Å². The molecule has 17 heavy (non-hydrogen) atoms. The fraction of sp³-hybridized carbons (Fsp3) is 0.154. The number of aryl methyl sites for hydroxylation is 1. The molecule has 0 radical (unpaired) electrons. The Morgan fingerprint density at radius 3 is 2.76 bits per heavy atom. The van der Waals surface area contributed by atoms with E-state index in [0.29, 0.717) is 5.56 Å². The molecule has 0 aliphatic heterocycles. The second-order valence-corrected chi connectivity index (χ2v) is 4.58. The third-order valence-corrected chi connectivity index (χ3v) is 3.55. The highest BCUT2D eigenvalue weighted by Gasteiger charge is 2.14. The van der Waals surface area contributed by atoms with E-state index < -0.39 is 11.8 Å². The van der Waals surface area contributed by atoms with Gasteiger partial charge in [0.15, 0.2) is 0 Å². The van der Waals surface area contributed by atoms with Gasteiger partial charge in [0, 0.05) is 10.4 Å². The third-order valence-electron chi connectivity index (χ3n) is 2.54. The lowest BCUT2D eigenvalue weighted by Crippen LogP contribution is -1.99. The number of benzene rings is 1. The molecule has 0 atom stereocenters. The SMILES string of the molecule is CCc1csc(-c2ccc(F)cc2C(=O)O)c1. The number of carboxylic acids is 1. The number of carbonyl (C=O) groups is 1. The molecule has 88 valence electrons. The fourth-order valence-electron chi connectivity index (χ4n) is 1.61. The van der Waals surface area contributed by atoms with Crippen molar-refractivity contribution < 1.29 is 14.3 Å². The highest BCUT2D eigenvalue weighted by molar-refractivity contribution is 7.13. The number of hydrogen-bond acceptors (Lipinski definition) is 2. The molecule has 1 heterocycles. The van der Waals surface area contributed by atoms with Crippen LogP contribution in [-0.2, 0) is 6.42 Å². The average Bonchev–Trinajstić information content (AvgIpc) is 2.77. The van der Waals surface area contributed by atoms with Gasteiger partial charge >= 0.3 is 5.97 Å². The quantitative estimate of drug-likeness (QED) is 0.899. The minimum Gasteiger partial charge on any atom is -0.478 e. The Labute approximate surface area is 102 Å². The highest BCUT2D eigenvalue weighted by atomic mass is 32.1. The standard InChI is InChI=1S/C13H11FO2S/c1-2-8-5-12(17-7-8)10-4-3-9(14)6-11(10)13(15)16/h3-7H,2H2,1H3,(H,15,16). The van der Waals surface area contributed by atoms with E-state index in [2.05, 4.69) is 0 Å². The topological polar surface area (TPSA) is 37.3 Å². The van der Waals surface area contributed by atoms with Crippen molar-refractivity contribution in [3.63, 3.8) is 0 Å². The largest absolute Gasteiger partial charge is 0.478 e. The Hall–Kier alpha value is -1.68. The summed E-state index contributed by atoms with van der Waals surface area (Å²) in [6.07, 6.45) is 0.903. The molecule has 0 bridgehead atoms. The van der Waals surface area contributed by atoms with Crippen LogP contribution in [0.5, 0.6) is 0 Å². The van der Waals surface area contributed by atoms with Gasteiger partial charge in [-0.05, 0) is 41.6 Å². The van der Waals surface area contributed by atoms with Gasteiger partial charge in [0.05, 0.1) is 5.56 Å². The molecule has 0 amide bonds. The maximum atomic E-state index is 13.0. The second-order valence-electron chi connectivity index (χ2n) is 3.67. The van der Waals surface area contributed by atoms with Crippen molar-refractivity contribution in [1.82, 2.24) is 0 Å². The molecule has 2 rings (SSSR count). The first-order valence-corrected chi connectivity index (χ1v) is 6.10. The molecule has 2 nitrogen and oxygen atoms in total. The Bertz CT molecular complexity index is 560. The minimum atomic E-state index is -1.11. The summed E-state index contributed by atoms with van der Waals surface area (Å²) < 4.78 is 13.0. The van der Waals surface area contributed by atoms with Crippen molar-refractivity contribution in [1.29, 1.82) is 0 Å². The first-order chi connectivity index (χ1) is 8.11. The van der Waals surface area contributed by atoms with Crippen LogP contribution in [0.15, 0.2) is 29.6 Å². The Morgan fingerprint density at radius 1 is 1.41 bits per heavy atom. The zero-order valence-corrected chi connectivity index (χ0v) is 10.1. The van der Waals surface area contributed by atoms with Crippen molar-refractivity contribution in [3.05, 3.63) is 46.6 Å². The predicted octanol–water partition coefficient (Wildman–Crippen LogP) is 3.81. The Morgan fingerprint density at radius 2 is 2.18 bits per heavy atom. The molecule has 0 aliphatic carbocycles. The average molecular weight is 250 g/mol. The maximum absolute atomic E-state index is 13.0. The molecule has 0 fully saturated rings. The van der Waals surface area contributed by atoms with Gasteiger partial charge in [-0.15, -0.1) is 11.3 Å². The molecule has 1 N–H and O–H groups in total. The molecular formula is C13H11FO2S. The van der Waals surface area contributed by atoms with E-state index in [9.17, 15) is 9.18 Å². The third kappa shape index (κ3) is 2.36. The van der Waals surface area contributed by atoms with E-state index in [1.54, 1.807) is 0 Å². The molecule has 0 aliphatic rings. The van der Waals surface area contributed by atoms with Crippen LogP contribution >= 0.6 is 11.3 Å². The summed E-state index contributed by atoms with van der Waals surface area (Å²) in [5.41, 5.74) is 1.74. The summed E-state index contributed by atoms with van der Waals surface area (Å²) in [4.78, 5) is 11.9. The van der Waals surface area contributed by atoms with Gasteiger partial charge in [0.2, 0.25) is 0 Å². The summed E-state index contributed by atoms with van der Waals surface area (Å²) in [6.45, 7) is 2.04. The van der Waals surface area contributed by atoms with E-state index in [0.717, 1.165) is 22.9 Å². The first kappa shape index (κ1) is 11.8. The molecule has 1 aromatic carbocycles. The number of aromatic carboxylic acids is 1. The lowest BCUT2D eigenvalue weighted by Gasteiger charge is -2.03. The monoisotopic (exact) mass is 250 g/mol. The number of hydrogen-bond donors (Lipinski definition) is 1. The van der Waals surface area contributed by atoms with E-state index in [-0.39, 0.29) is 5.56 Å². The predicted molar refractivity (Wildman–Crippen MR) is 66.1 cm³/mol. The van der Waals surface area contributed by atoms with Gasteiger partial charge in [0.1, 0.15) is 5.82 Å². The van der Waals surface area contributed by atoms with E-state index in [1.165, 1.54) is 23.5 Å². The normalized spacial score (nSPS) is 10.5. The number of carboxylic acid groups (broad SMARTS) is 1. The van der Waals surface area contributed by atoms with E-state index in [4.69, 9.17) is 5.11 Å². The van der Waals surface area contributed by atoms with Crippen LogP contribution in [0.2, 0.25) is 0 Å². The lowest BCUT2D eigenvalue weighted by molar-refractivity contribution is 0.0697. The van der Waals surface area contributed by atoms with Crippen LogP contribution in [-0.4, -0.2) is 11.1 Å². The minimum absolute atomic E-state index is 0.00880. The maximum Gasteiger partial charge on any atom is 0.336 e. The van der Waals surface area contributed by atoms with Gasteiger partial charge in [-0.2, -0.15) is 0 Å².